The molecule has 0 aliphatic heterocycles. The van der Waals surface area contributed by atoms with Crippen molar-refractivity contribution in [2.75, 3.05) is 0 Å². The van der Waals surface area contributed by atoms with E-state index in [9.17, 15) is 18.0 Å². The Hall–Kier alpha value is -3.61. The van der Waals surface area contributed by atoms with E-state index in [0.29, 0.717) is 22.4 Å². The predicted octanol–water partition coefficient (Wildman–Crippen LogP) is 7.53. The van der Waals surface area contributed by atoms with Crippen molar-refractivity contribution in [3.63, 3.8) is 0 Å². The number of carbonyl (C=O) groups excluding carboxylic acids is 1. The van der Waals surface area contributed by atoms with Crippen molar-refractivity contribution in [2.45, 2.75) is 57.2 Å². The highest BCUT2D eigenvalue weighted by molar-refractivity contribution is 5.94. The highest BCUT2D eigenvalue weighted by Crippen LogP contribution is 2.41. The van der Waals surface area contributed by atoms with Gasteiger partial charge in [-0.15, -0.1) is 0 Å². The number of rotatable bonds is 6. The summed E-state index contributed by atoms with van der Waals surface area (Å²) >= 11 is 0. The van der Waals surface area contributed by atoms with Crippen molar-refractivity contribution in [1.82, 2.24) is 14.9 Å². The Labute approximate surface area is 214 Å². The highest BCUT2D eigenvalue weighted by atomic mass is 19.4. The average Bonchev–Trinajstić information content (AvgIpc) is 3.46. The van der Waals surface area contributed by atoms with E-state index in [4.69, 9.17) is 0 Å². The predicted molar refractivity (Wildman–Crippen MR) is 139 cm³/mol. The SMILES string of the molecule is CCC(NC(=O)c1ccc(-n2cccc2)cc1)[C@H]1CC[C@H](c2ccnc3ccc(C(F)(F)F)cc32)CC1. The molecule has 1 saturated carbocycles. The van der Waals surface area contributed by atoms with Gasteiger partial charge in [0.1, 0.15) is 0 Å². The van der Waals surface area contributed by atoms with Gasteiger partial charge in [0.15, 0.2) is 0 Å². The molecule has 0 saturated heterocycles. The van der Waals surface area contributed by atoms with E-state index in [-0.39, 0.29) is 17.9 Å². The molecule has 0 bridgehead atoms. The van der Waals surface area contributed by atoms with Gasteiger partial charge in [0, 0.05) is 41.3 Å². The molecule has 2 aromatic heterocycles. The van der Waals surface area contributed by atoms with E-state index in [1.54, 1.807) is 6.20 Å². The Morgan fingerprint density at radius 3 is 2.38 bits per heavy atom. The van der Waals surface area contributed by atoms with Gasteiger partial charge in [0.2, 0.25) is 0 Å². The summed E-state index contributed by atoms with van der Waals surface area (Å²) in [5, 5.41) is 3.82. The van der Waals surface area contributed by atoms with Crippen LogP contribution in [0.4, 0.5) is 13.2 Å². The molecule has 1 N–H and O–H groups in total. The minimum Gasteiger partial charge on any atom is -0.349 e. The Morgan fingerprint density at radius 2 is 1.73 bits per heavy atom. The van der Waals surface area contributed by atoms with Crippen LogP contribution in [0.2, 0.25) is 0 Å². The first kappa shape index (κ1) is 25.1. The van der Waals surface area contributed by atoms with E-state index < -0.39 is 11.7 Å². The number of amides is 1. The smallest absolute Gasteiger partial charge is 0.349 e. The van der Waals surface area contributed by atoms with Crippen molar-refractivity contribution in [3.05, 3.63) is 95.9 Å². The third-order valence-electron chi connectivity index (χ3n) is 7.67. The van der Waals surface area contributed by atoms with Crippen molar-refractivity contribution >= 4 is 16.8 Å². The number of alkyl halides is 3. The first-order valence-corrected chi connectivity index (χ1v) is 12.8. The van der Waals surface area contributed by atoms with Gasteiger partial charge in [0.25, 0.3) is 5.91 Å². The van der Waals surface area contributed by atoms with Crippen LogP contribution in [0.5, 0.6) is 0 Å². The number of halogens is 3. The number of nitrogens with one attached hydrogen (secondary N) is 1. The average molecular weight is 506 g/mol. The van der Waals surface area contributed by atoms with Crippen molar-refractivity contribution in [3.8, 4) is 5.69 Å². The Bertz CT molecular complexity index is 1360. The van der Waals surface area contributed by atoms with Crippen LogP contribution in [-0.4, -0.2) is 21.5 Å². The van der Waals surface area contributed by atoms with Gasteiger partial charge in [0.05, 0.1) is 11.1 Å². The standard InChI is InChI=1S/C30H30F3N3O/c1-2-27(35-29(37)22-9-12-24(13-10-22)36-17-3-4-18-36)21-7-5-20(6-8-21)25-15-16-34-28-14-11-23(19-26(25)28)30(31,32)33/h3-4,9-21,27H,2,5-8H2,1H3,(H,35,37)/t20-,21-,27?. The Kier molecular flexibility index (Phi) is 7.04. The maximum Gasteiger partial charge on any atom is 0.416 e. The van der Waals surface area contributed by atoms with Gasteiger partial charge in [-0.05, 0) is 110 Å². The minimum atomic E-state index is -4.38. The largest absolute Gasteiger partial charge is 0.416 e. The molecule has 2 heterocycles. The molecular formula is C30H30F3N3O. The van der Waals surface area contributed by atoms with Crippen LogP contribution >= 0.6 is 0 Å². The van der Waals surface area contributed by atoms with Gasteiger partial charge in [-0.1, -0.05) is 6.92 Å². The maximum atomic E-state index is 13.3. The Morgan fingerprint density at radius 1 is 1.03 bits per heavy atom. The second-order valence-electron chi connectivity index (χ2n) is 9.87. The lowest BCUT2D eigenvalue weighted by Crippen LogP contribution is -2.41. The third-order valence-corrected chi connectivity index (χ3v) is 7.67. The minimum absolute atomic E-state index is 0.0589. The molecule has 4 nitrogen and oxygen atoms in total. The lowest BCUT2D eigenvalue weighted by molar-refractivity contribution is -0.137. The number of fused-ring (bicyclic) bond motifs is 1. The fourth-order valence-corrected chi connectivity index (χ4v) is 5.63. The quantitative estimate of drug-likeness (QED) is 0.294. The molecule has 0 spiro atoms. The zero-order chi connectivity index (χ0) is 26.0. The molecule has 1 aliphatic rings. The maximum absolute atomic E-state index is 13.3. The number of nitrogens with zero attached hydrogens (tertiary/aromatic N) is 2. The fraction of sp³-hybridized carbons (Fsp3) is 0.333. The van der Waals surface area contributed by atoms with Crippen molar-refractivity contribution in [2.24, 2.45) is 5.92 Å². The summed E-state index contributed by atoms with van der Waals surface area (Å²) in [6.45, 7) is 2.08. The summed E-state index contributed by atoms with van der Waals surface area (Å²) in [5.41, 5.74) is 2.52. The second-order valence-corrected chi connectivity index (χ2v) is 9.87. The number of aromatic nitrogens is 2. The normalized spacial score (nSPS) is 19.0. The first-order valence-electron chi connectivity index (χ1n) is 12.8. The van der Waals surface area contributed by atoms with E-state index in [0.717, 1.165) is 49.4 Å². The number of hydrogen-bond acceptors (Lipinski definition) is 2. The van der Waals surface area contributed by atoms with Crippen LogP contribution in [0, 0.1) is 5.92 Å². The fourth-order valence-electron chi connectivity index (χ4n) is 5.63. The summed E-state index contributed by atoms with van der Waals surface area (Å²) in [6, 6.07) is 17.2. The molecular weight excluding hydrogens is 475 g/mol. The molecule has 5 rings (SSSR count). The summed E-state index contributed by atoms with van der Waals surface area (Å²) in [4.78, 5) is 17.3. The Balaban J connectivity index is 1.25. The van der Waals surface area contributed by atoms with Gasteiger partial charge in [-0.25, -0.2) is 0 Å². The van der Waals surface area contributed by atoms with Gasteiger partial charge in [-0.3, -0.25) is 9.78 Å². The number of benzene rings is 2. The van der Waals surface area contributed by atoms with Gasteiger partial charge in [-0.2, -0.15) is 13.2 Å². The molecule has 1 amide bonds. The molecule has 2 aromatic carbocycles. The van der Waals surface area contributed by atoms with Gasteiger partial charge < -0.3 is 9.88 Å². The van der Waals surface area contributed by atoms with Gasteiger partial charge >= 0.3 is 6.18 Å². The lowest BCUT2D eigenvalue weighted by atomic mass is 9.75. The molecule has 1 aliphatic carbocycles. The van der Waals surface area contributed by atoms with Crippen molar-refractivity contribution in [1.29, 1.82) is 0 Å². The van der Waals surface area contributed by atoms with Crippen LogP contribution in [-0.2, 0) is 6.18 Å². The summed E-state index contributed by atoms with van der Waals surface area (Å²) in [6.07, 6.45) is 5.63. The lowest BCUT2D eigenvalue weighted by Gasteiger charge is -2.34. The van der Waals surface area contributed by atoms with E-state index >= 15 is 0 Å². The van der Waals surface area contributed by atoms with Crippen LogP contribution in [0.15, 0.2) is 79.3 Å². The molecule has 192 valence electrons. The van der Waals surface area contributed by atoms with E-state index in [1.807, 2.05) is 59.4 Å². The zero-order valence-electron chi connectivity index (χ0n) is 20.7. The zero-order valence-corrected chi connectivity index (χ0v) is 20.7. The summed E-state index contributed by atoms with van der Waals surface area (Å²) in [7, 11) is 0. The van der Waals surface area contributed by atoms with Crippen LogP contribution in [0.3, 0.4) is 0 Å². The number of pyridine rings is 1. The summed E-state index contributed by atoms with van der Waals surface area (Å²) in [5.74, 6) is 0.440. The van der Waals surface area contributed by atoms with E-state index in [1.165, 1.54) is 12.1 Å². The molecule has 7 heteroatoms. The topological polar surface area (TPSA) is 46.9 Å². The van der Waals surface area contributed by atoms with Crippen LogP contribution in [0.25, 0.3) is 16.6 Å². The molecule has 1 unspecified atom stereocenters. The monoisotopic (exact) mass is 505 g/mol. The van der Waals surface area contributed by atoms with Crippen LogP contribution < -0.4 is 5.32 Å². The third kappa shape index (κ3) is 5.41. The number of hydrogen-bond donors (Lipinski definition) is 1. The molecule has 1 fully saturated rings. The highest BCUT2D eigenvalue weighted by Gasteiger charge is 2.32. The van der Waals surface area contributed by atoms with Crippen molar-refractivity contribution < 1.29 is 18.0 Å². The molecule has 37 heavy (non-hydrogen) atoms. The molecule has 4 aromatic rings. The van der Waals surface area contributed by atoms with Crippen LogP contribution in [0.1, 0.15) is 66.4 Å². The first-order chi connectivity index (χ1) is 17.8. The molecule has 0 radical (unpaired) electrons. The molecule has 1 atom stereocenters. The summed E-state index contributed by atoms with van der Waals surface area (Å²) < 4.78 is 42.0. The van der Waals surface area contributed by atoms with E-state index in [2.05, 4.69) is 17.2 Å². The second kappa shape index (κ2) is 10.4. The number of carbonyl (C=O) groups is 1.